The predicted molar refractivity (Wildman–Crippen MR) is 101 cm³/mol. The third-order valence-electron chi connectivity index (χ3n) is 4.34. The van der Waals surface area contributed by atoms with Gasteiger partial charge in [0.15, 0.2) is 12.7 Å². The highest BCUT2D eigenvalue weighted by Gasteiger charge is 2.22. The van der Waals surface area contributed by atoms with Gasteiger partial charge in [-0.1, -0.05) is 30.9 Å². The molecule has 0 aromatic heterocycles. The molecule has 1 fully saturated rings. The summed E-state index contributed by atoms with van der Waals surface area (Å²) in [5.74, 6) is -0.922. The highest BCUT2D eigenvalue weighted by atomic mass is 35.5. The van der Waals surface area contributed by atoms with Gasteiger partial charge in [-0.3, -0.25) is 10.1 Å². The molecule has 3 amide bonds. The molecule has 148 valence electrons. The van der Waals surface area contributed by atoms with Crippen molar-refractivity contribution in [3.05, 3.63) is 28.8 Å². The van der Waals surface area contributed by atoms with Gasteiger partial charge in [0.1, 0.15) is 5.75 Å². The van der Waals surface area contributed by atoms with Crippen molar-refractivity contribution in [2.24, 2.45) is 0 Å². The van der Waals surface area contributed by atoms with Gasteiger partial charge in [0.2, 0.25) is 0 Å². The van der Waals surface area contributed by atoms with Crippen molar-refractivity contribution in [3.8, 4) is 5.75 Å². The van der Waals surface area contributed by atoms with E-state index in [0.29, 0.717) is 10.8 Å². The zero-order chi connectivity index (χ0) is 19.8. The van der Waals surface area contributed by atoms with Crippen LogP contribution in [0.2, 0.25) is 5.02 Å². The van der Waals surface area contributed by atoms with E-state index in [1.165, 1.54) is 13.3 Å². The second kappa shape index (κ2) is 10.2. The molecule has 1 saturated carbocycles. The molecule has 0 radical (unpaired) electrons. The monoisotopic (exact) mass is 396 g/mol. The molecule has 7 nitrogen and oxygen atoms in total. The molecular weight excluding hydrogens is 372 g/mol. The number of amides is 3. The van der Waals surface area contributed by atoms with Crippen LogP contribution in [0.3, 0.4) is 0 Å². The Labute approximate surface area is 163 Å². The van der Waals surface area contributed by atoms with Gasteiger partial charge in [0, 0.05) is 11.1 Å². The number of hydrogen-bond acceptors (Lipinski definition) is 5. The van der Waals surface area contributed by atoms with E-state index in [1.54, 1.807) is 18.2 Å². The number of urea groups is 1. The summed E-state index contributed by atoms with van der Waals surface area (Å²) in [5, 5.41) is 5.56. The van der Waals surface area contributed by atoms with Crippen LogP contribution < -0.4 is 15.4 Å². The van der Waals surface area contributed by atoms with E-state index >= 15 is 0 Å². The standard InChI is InChI=1S/C19H25ClN2O5/c1-12-10-15(8-9-16(12)20)26-11-17(23)27-13(2)18(24)22-19(25)21-14-6-4-3-5-7-14/h8-10,13-14H,3-7,11H2,1-2H3,(H2,21,22,24,25)/t13-/m0/s1. The fraction of sp³-hybridized carbons (Fsp3) is 0.526. The number of carbonyl (C=O) groups is 3. The maximum Gasteiger partial charge on any atom is 0.344 e. The molecule has 0 heterocycles. The van der Waals surface area contributed by atoms with Gasteiger partial charge in [-0.15, -0.1) is 0 Å². The normalized spacial score (nSPS) is 15.5. The summed E-state index contributed by atoms with van der Waals surface area (Å²) in [6.45, 7) is 2.86. The lowest BCUT2D eigenvalue weighted by molar-refractivity contribution is -0.156. The molecule has 1 aromatic carbocycles. The summed E-state index contributed by atoms with van der Waals surface area (Å²) in [5.41, 5.74) is 0.819. The molecule has 0 aliphatic heterocycles. The Morgan fingerprint density at radius 1 is 1.22 bits per heavy atom. The Balaban J connectivity index is 1.71. The minimum atomic E-state index is -1.11. The first kappa shape index (κ1) is 21.0. The number of esters is 1. The Morgan fingerprint density at radius 2 is 1.93 bits per heavy atom. The molecule has 2 N–H and O–H groups in total. The van der Waals surface area contributed by atoms with E-state index in [1.807, 2.05) is 6.92 Å². The Morgan fingerprint density at radius 3 is 2.59 bits per heavy atom. The van der Waals surface area contributed by atoms with Crippen molar-refractivity contribution >= 4 is 29.5 Å². The molecule has 8 heteroatoms. The molecule has 1 aliphatic rings. The second-order valence-electron chi connectivity index (χ2n) is 6.63. The van der Waals surface area contributed by atoms with Gasteiger partial charge in [-0.25, -0.2) is 9.59 Å². The number of hydrogen-bond donors (Lipinski definition) is 2. The summed E-state index contributed by atoms with van der Waals surface area (Å²) in [7, 11) is 0. The predicted octanol–water partition coefficient (Wildman–Crippen LogP) is 3.12. The number of ether oxygens (including phenoxy) is 2. The Hall–Kier alpha value is -2.28. The highest BCUT2D eigenvalue weighted by molar-refractivity contribution is 6.31. The maximum atomic E-state index is 12.0. The first-order chi connectivity index (χ1) is 12.8. The number of carbonyl (C=O) groups excluding carboxylic acids is 3. The SMILES string of the molecule is Cc1cc(OCC(=O)O[C@@H](C)C(=O)NC(=O)NC2CCCCC2)ccc1Cl. The van der Waals surface area contributed by atoms with Gasteiger partial charge in [0.25, 0.3) is 5.91 Å². The third-order valence-corrected chi connectivity index (χ3v) is 4.76. The molecule has 0 spiro atoms. The van der Waals surface area contributed by atoms with Crippen LogP contribution in [-0.2, 0) is 14.3 Å². The maximum absolute atomic E-state index is 12.0. The molecule has 1 aliphatic carbocycles. The van der Waals surface area contributed by atoms with E-state index in [-0.39, 0.29) is 12.6 Å². The van der Waals surface area contributed by atoms with E-state index in [9.17, 15) is 14.4 Å². The minimum Gasteiger partial charge on any atom is -0.482 e. The summed E-state index contributed by atoms with van der Waals surface area (Å²) < 4.78 is 10.3. The Kier molecular flexibility index (Phi) is 7.91. The zero-order valence-electron chi connectivity index (χ0n) is 15.5. The van der Waals surface area contributed by atoms with Gasteiger partial charge in [-0.05, 0) is 50.5 Å². The molecule has 2 rings (SSSR count). The third kappa shape index (κ3) is 7.09. The van der Waals surface area contributed by atoms with Crippen molar-refractivity contribution in [1.82, 2.24) is 10.6 Å². The van der Waals surface area contributed by atoms with Crippen molar-refractivity contribution in [3.63, 3.8) is 0 Å². The average Bonchev–Trinajstić information content (AvgIpc) is 2.63. The number of halogens is 1. The van der Waals surface area contributed by atoms with Crippen LogP contribution in [0.1, 0.15) is 44.6 Å². The zero-order valence-corrected chi connectivity index (χ0v) is 16.3. The van der Waals surface area contributed by atoms with E-state index in [0.717, 1.165) is 31.2 Å². The molecular formula is C19H25ClN2O5. The fourth-order valence-corrected chi connectivity index (χ4v) is 2.93. The first-order valence-electron chi connectivity index (χ1n) is 9.05. The minimum absolute atomic E-state index is 0.0839. The van der Waals surface area contributed by atoms with Crippen LogP contribution >= 0.6 is 11.6 Å². The largest absolute Gasteiger partial charge is 0.482 e. The lowest BCUT2D eigenvalue weighted by Crippen LogP contribution is -2.48. The van der Waals surface area contributed by atoms with Crippen LogP contribution in [0.15, 0.2) is 18.2 Å². The van der Waals surface area contributed by atoms with E-state index in [2.05, 4.69) is 10.6 Å². The van der Waals surface area contributed by atoms with Gasteiger partial charge in [-0.2, -0.15) is 0 Å². The molecule has 0 unspecified atom stereocenters. The number of nitrogens with one attached hydrogen (secondary N) is 2. The molecule has 0 bridgehead atoms. The number of benzene rings is 1. The van der Waals surface area contributed by atoms with Crippen LogP contribution in [0.25, 0.3) is 0 Å². The van der Waals surface area contributed by atoms with E-state index in [4.69, 9.17) is 21.1 Å². The van der Waals surface area contributed by atoms with Crippen molar-refractivity contribution < 1.29 is 23.9 Å². The smallest absolute Gasteiger partial charge is 0.344 e. The van der Waals surface area contributed by atoms with Gasteiger partial charge in [0.05, 0.1) is 0 Å². The summed E-state index contributed by atoms with van der Waals surface area (Å²) in [6, 6.07) is 4.51. The number of aryl methyl sites for hydroxylation is 1. The molecule has 1 aromatic rings. The molecule has 0 saturated heterocycles. The fourth-order valence-electron chi connectivity index (χ4n) is 2.82. The van der Waals surface area contributed by atoms with Crippen LogP contribution in [0.5, 0.6) is 5.75 Å². The van der Waals surface area contributed by atoms with Crippen LogP contribution in [-0.4, -0.2) is 36.7 Å². The van der Waals surface area contributed by atoms with Crippen LogP contribution in [0.4, 0.5) is 4.79 Å². The van der Waals surface area contributed by atoms with Crippen LogP contribution in [0, 0.1) is 6.92 Å². The lowest BCUT2D eigenvalue weighted by Gasteiger charge is -2.23. The van der Waals surface area contributed by atoms with Gasteiger partial charge >= 0.3 is 12.0 Å². The van der Waals surface area contributed by atoms with E-state index < -0.39 is 24.0 Å². The quantitative estimate of drug-likeness (QED) is 0.720. The number of rotatable bonds is 6. The molecule has 27 heavy (non-hydrogen) atoms. The summed E-state index contributed by atoms with van der Waals surface area (Å²) in [6.07, 6.45) is 4.02. The summed E-state index contributed by atoms with van der Waals surface area (Å²) in [4.78, 5) is 35.7. The number of imide groups is 1. The lowest BCUT2D eigenvalue weighted by atomic mass is 9.96. The van der Waals surface area contributed by atoms with Crippen molar-refractivity contribution in [1.29, 1.82) is 0 Å². The molecule has 1 atom stereocenters. The topological polar surface area (TPSA) is 93.7 Å². The van der Waals surface area contributed by atoms with Gasteiger partial charge < -0.3 is 14.8 Å². The highest BCUT2D eigenvalue weighted by Crippen LogP contribution is 2.21. The summed E-state index contributed by atoms with van der Waals surface area (Å²) >= 11 is 5.93. The van der Waals surface area contributed by atoms with Crippen molar-refractivity contribution in [2.75, 3.05) is 6.61 Å². The second-order valence-corrected chi connectivity index (χ2v) is 7.04. The average molecular weight is 397 g/mol. The first-order valence-corrected chi connectivity index (χ1v) is 9.42. The Bertz CT molecular complexity index is 689. The van der Waals surface area contributed by atoms with Crippen molar-refractivity contribution in [2.45, 2.75) is 58.1 Å².